The van der Waals surface area contributed by atoms with Crippen molar-refractivity contribution in [1.29, 1.82) is 0 Å². The number of aliphatic carboxylic acids is 1. The van der Waals surface area contributed by atoms with Gasteiger partial charge in [0.05, 0.1) is 25.5 Å². The molecule has 0 spiro atoms. The molecule has 0 unspecified atom stereocenters. The summed E-state index contributed by atoms with van der Waals surface area (Å²) >= 11 is 3.23. The predicted molar refractivity (Wildman–Crippen MR) is 58.0 cm³/mol. The Morgan fingerprint density at radius 1 is 1.62 bits per heavy atom. The Hall–Kier alpha value is -0.980. The molecule has 2 rings (SSSR count). The van der Waals surface area contributed by atoms with Crippen LogP contribution in [0.1, 0.15) is 11.3 Å². The van der Waals surface area contributed by atoms with Crippen molar-refractivity contribution in [2.24, 2.45) is 0 Å². The van der Waals surface area contributed by atoms with Gasteiger partial charge in [-0.05, 0) is 27.6 Å². The minimum absolute atomic E-state index is 0.127. The van der Waals surface area contributed by atoms with Crippen LogP contribution >= 0.6 is 15.9 Å². The van der Waals surface area contributed by atoms with Crippen LogP contribution in [0.5, 0.6) is 0 Å². The lowest BCUT2D eigenvalue weighted by atomic mass is 9.81. The quantitative estimate of drug-likeness (QED) is 0.855. The Labute approximate surface area is 100 Å². The van der Waals surface area contributed by atoms with Crippen LogP contribution in [0.3, 0.4) is 0 Å². The molecule has 5 nitrogen and oxygen atoms in total. The lowest BCUT2D eigenvalue weighted by Gasteiger charge is -2.36. The van der Waals surface area contributed by atoms with Crippen LogP contribution in [0, 0.1) is 0 Å². The van der Waals surface area contributed by atoms with Crippen molar-refractivity contribution in [2.45, 2.75) is 12.0 Å². The molecule has 16 heavy (non-hydrogen) atoms. The Kier molecular flexibility index (Phi) is 2.96. The van der Waals surface area contributed by atoms with Crippen LogP contribution < -0.4 is 0 Å². The van der Waals surface area contributed by atoms with Gasteiger partial charge in [0.25, 0.3) is 0 Å². The Morgan fingerprint density at radius 2 is 2.31 bits per heavy atom. The molecular weight excluding hydrogens is 278 g/mol. The van der Waals surface area contributed by atoms with E-state index in [1.807, 2.05) is 0 Å². The number of pyridine rings is 1. The number of rotatable bonds is 3. The number of carboxylic acids is 1. The van der Waals surface area contributed by atoms with Gasteiger partial charge in [0.2, 0.25) is 0 Å². The van der Waals surface area contributed by atoms with Gasteiger partial charge in [0, 0.05) is 10.7 Å². The first-order chi connectivity index (χ1) is 7.60. The highest BCUT2D eigenvalue weighted by molar-refractivity contribution is 9.10. The van der Waals surface area contributed by atoms with E-state index in [4.69, 9.17) is 9.84 Å². The molecule has 1 saturated heterocycles. The van der Waals surface area contributed by atoms with Crippen LogP contribution in [0.15, 0.2) is 16.7 Å². The van der Waals surface area contributed by atoms with Crippen LogP contribution in [0.4, 0.5) is 0 Å². The first kappa shape index (κ1) is 11.5. The summed E-state index contributed by atoms with van der Waals surface area (Å²) in [4.78, 5) is 15.3. The molecule has 2 heterocycles. The zero-order chi connectivity index (χ0) is 11.8. The van der Waals surface area contributed by atoms with Gasteiger partial charge in [-0.1, -0.05) is 0 Å². The Bertz CT molecular complexity index is 431. The van der Waals surface area contributed by atoms with Crippen molar-refractivity contribution in [3.8, 4) is 0 Å². The van der Waals surface area contributed by atoms with Crippen molar-refractivity contribution < 1.29 is 19.7 Å². The molecule has 0 aliphatic carbocycles. The van der Waals surface area contributed by atoms with Gasteiger partial charge < -0.3 is 14.9 Å². The third kappa shape index (κ3) is 1.63. The van der Waals surface area contributed by atoms with Gasteiger partial charge in [0.1, 0.15) is 0 Å². The van der Waals surface area contributed by atoms with E-state index in [0.29, 0.717) is 15.7 Å². The molecule has 0 amide bonds. The normalized spacial score (nSPS) is 17.9. The van der Waals surface area contributed by atoms with E-state index in [2.05, 4.69) is 20.9 Å². The number of halogens is 1. The first-order valence-electron chi connectivity index (χ1n) is 4.67. The monoisotopic (exact) mass is 287 g/mol. The third-order valence-electron chi connectivity index (χ3n) is 2.70. The van der Waals surface area contributed by atoms with E-state index in [-0.39, 0.29) is 19.8 Å². The molecule has 1 aromatic rings. The minimum Gasteiger partial charge on any atom is -0.480 e. The van der Waals surface area contributed by atoms with Gasteiger partial charge >= 0.3 is 5.97 Å². The molecule has 86 valence electrons. The lowest BCUT2D eigenvalue weighted by molar-refractivity contribution is -0.163. The second-order valence-electron chi connectivity index (χ2n) is 3.70. The highest BCUT2D eigenvalue weighted by Gasteiger charge is 2.49. The van der Waals surface area contributed by atoms with Gasteiger partial charge in [0.15, 0.2) is 5.41 Å². The maximum atomic E-state index is 11.2. The van der Waals surface area contributed by atoms with Crippen molar-refractivity contribution in [3.05, 3.63) is 28.0 Å². The number of ether oxygens (including phenoxy) is 1. The van der Waals surface area contributed by atoms with Crippen LogP contribution in [-0.2, 0) is 21.6 Å². The molecule has 0 radical (unpaired) electrons. The summed E-state index contributed by atoms with van der Waals surface area (Å²) < 4.78 is 5.63. The number of hydrogen-bond acceptors (Lipinski definition) is 4. The van der Waals surface area contributed by atoms with Crippen LogP contribution in [0.25, 0.3) is 0 Å². The second-order valence-corrected chi connectivity index (χ2v) is 4.55. The molecule has 1 aliphatic rings. The van der Waals surface area contributed by atoms with E-state index in [1.165, 1.54) is 6.20 Å². The van der Waals surface area contributed by atoms with E-state index < -0.39 is 11.4 Å². The van der Waals surface area contributed by atoms with Gasteiger partial charge in [-0.15, -0.1) is 0 Å². The van der Waals surface area contributed by atoms with Crippen molar-refractivity contribution in [3.63, 3.8) is 0 Å². The van der Waals surface area contributed by atoms with Crippen LogP contribution in [0.2, 0.25) is 0 Å². The van der Waals surface area contributed by atoms with Gasteiger partial charge in [-0.3, -0.25) is 9.78 Å². The number of aromatic nitrogens is 1. The zero-order valence-electron chi connectivity index (χ0n) is 8.31. The summed E-state index contributed by atoms with van der Waals surface area (Å²) in [7, 11) is 0. The van der Waals surface area contributed by atoms with E-state index in [9.17, 15) is 9.90 Å². The summed E-state index contributed by atoms with van der Waals surface area (Å²) in [6, 6.07) is 1.60. The van der Waals surface area contributed by atoms with Gasteiger partial charge in [-0.2, -0.15) is 0 Å². The lowest BCUT2D eigenvalue weighted by Crippen LogP contribution is -2.53. The number of nitrogens with zero attached hydrogens (tertiary/aromatic N) is 1. The molecule has 0 atom stereocenters. The third-order valence-corrected chi connectivity index (χ3v) is 3.42. The number of hydrogen-bond donors (Lipinski definition) is 2. The highest BCUT2D eigenvalue weighted by atomic mass is 79.9. The predicted octanol–water partition coefficient (Wildman–Crippen LogP) is 0.689. The molecule has 0 bridgehead atoms. The average molecular weight is 288 g/mol. The standard InChI is InChI=1S/C10H10BrNO4/c11-7-2-12-8(1-6(7)3-13)10(9(14)15)4-16-5-10/h1-2,13H,3-5H2,(H,14,15). The molecular formula is C10H10BrNO4. The SMILES string of the molecule is O=C(O)C1(c2cc(CO)c(Br)cn2)COC1. The zero-order valence-corrected chi connectivity index (χ0v) is 9.90. The van der Waals surface area contributed by atoms with E-state index >= 15 is 0 Å². The maximum absolute atomic E-state index is 11.2. The van der Waals surface area contributed by atoms with Crippen molar-refractivity contribution >= 4 is 21.9 Å². The fraction of sp³-hybridized carbons (Fsp3) is 0.400. The summed E-state index contributed by atoms with van der Waals surface area (Å²) in [6.07, 6.45) is 1.50. The smallest absolute Gasteiger partial charge is 0.320 e. The maximum Gasteiger partial charge on any atom is 0.320 e. The highest BCUT2D eigenvalue weighted by Crippen LogP contribution is 2.33. The number of aliphatic hydroxyl groups excluding tert-OH is 1. The Balaban J connectivity index is 2.43. The minimum atomic E-state index is -1.05. The topological polar surface area (TPSA) is 79.7 Å². The average Bonchev–Trinajstić information content (AvgIpc) is 2.18. The number of aliphatic hydroxyl groups is 1. The van der Waals surface area contributed by atoms with Crippen LogP contribution in [-0.4, -0.2) is 34.4 Å². The molecule has 1 aliphatic heterocycles. The first-order valence-corrected chi connectivity index (χ1v) is 5.46. The van der Waals surface area contributed by atoms with Crippen molar-refractivity contribution in [1.82, 2.24) is 4.98 Å². The summed E-state index contributed by atoms with van der Waals surface area (Å²) in [5.74, 6) is -0.947. The second kappa shape index (κ2) is 4.12. The van der Waals surface area contributed by atoms with E-state index in [1.54, 1.807) is 6.07 Å². The summed E-state index contributed by atoms with van der Waals surface area (Å²) in [5.41, 5.74) is 0.000903. The fourth-order valence-corrected chi connectivity index (χ4v) is 1.89. The van der Waals surface area contributed by atoms with Gasteiger partial charge in [-0.25, -0.2) is 0 Å². The largest absolute Gasteiger partial charge is 0.480 e. The Morgan fingerprint density at radius 3 is 2.75 bits per heavy atom. The number of carbonyl (C=O) groups is 1. The molecule has 0 aromatic carbocycles. The van der Waals surface area contributed by atoms with Crippen molar-refractivity contribution in [2.75, 3.05) is 13.2 Å². The molecule has 1 aromatic heterocycles. The molecule has 1 fully saturated rings. The van der Waals surface area contributed by atoms with E-state index in [0.717, 1.165) is 0 Å². The molecule has 6 heteroatoms. The fourth-order valence-electron chi connectivity index (χ4n) is 1.55. The molecule has 2 N–H and O–H groups in total. The summed E-state index contributed by atoms with van der Waals surface area (Å²) in [5, 5.41) is 18.3. The number of carboxylic acid groups (broad SMARTS) is 1. The summed E-state index contributed by atoms with van der Waals surface area (Å²) in [6.45, 7) is 0.0936. The molecule has 0 saturated carbocycles.